The highest BCUT2D eigenvalue weighted by molar-refractivity contribution is 5.09. The van der Waals surface area contributed by atoms with Crippen molar-refractivity contribution in [1.29, 1.82) is 0 Å². The van der Waals surface area contributed by atoms with Crippen molar-refractivity contribution < 1.29 is 0 Å². The summed E-state index contributed by atoms with van der Waals surface area (Å²) in [5.41, 5.74) is 0. The van der Waals surface area contributed by atoms with Crippen LogP contribution in [0.4, 0.5) is 0 Å². The summed E-state index contributed by atoms with van der Waals surface area (Å²) < 4.78 is 0. The smallest absolute Gasteiger partial charge is 0.0164 e. The predicted octanol–water partition coefficient (Wildman–Crippen LogP) is 3.99. The van der Waals surface area contributed by atoms with Gasteiger partial charge in [-0.15, -0.1) is 0 Å². The van der Waals surface area contributed by atoms with Crippen LogP contribution in [0.2, 0.25) is 0 Å². The van der Waals surface area contributed by atoms with E-state index in [0.717, 1.165) is 25.7 Å². The predicted molar refractivity (Wildman–Crippen MR) is 59.3 cm³/mol. The van der Waals surface area contributed by atoms with E-state index in [1.807, 2.05) is 0 Å². The van der Waals surface area contributed by atoms with Gasteiger partial charge in [-0.25, -0.2) is 0 Å². The summed E-state index contributed by atoms with van der Waals surface area (Å²) in [6, 6.07) is 0. The Morgan fingerprint density at radius 3 is 2.23 bits per heavy atom. The van der Waals surface area contributed by atoms with Gasteiger partial charge in [0.05, 0.1) is 0 Å². The summed E-state index contributed by atoms with van der Waals surface area (Å²) in [6.07, 6.45) is 24.0. The molecule has 13 heavy (non-hydrogen) atoms. The Morgan fingerprint density at radius 1 is 0.538 bits per heavy atom. The average Bonchev–Trinajstić information content (AvgIpc) is 2.18. The van der Waals surface area contributed by atoms with E-state index < -0.39 is 0 Å². The molecule has 0 nitrogen and oxygen atoms in total. The molecule has 0 aromatic rings. The quantitative estimate of drug-likeness (QED) is 0.486. The van der Waals surface area contributed by atoms with E-state index >= 15 is 0 Å². The van der Waals surface area contributed by atoms with E-state index in [2.05, 4.69) is 55.0 Å². The van der Waals surface area contributed by atoms with E-state index in [9.17, 15) is 0 Å². The molecule has 0 unspecified atom stereocenters. The molecule has 1 aliphatic rings. The van der Waals surface area contributed by atoms with Gasteiger partial charge in [0, 0.05) is 0 Å². The zero-order valence-electron chi connectivity index (χ0n) is 8.02. The van der Waals surface area contributed by atoms with Crippen molar-refractivity contribution in [2.45, 2.75) is 25.7 Å². The van der Waals surface area contributed by atoms with Gasteiger partial charge in [0.1, 0.15) is 0 Å². The van der Waals surface area contributed by atoms with Gasteiger partial charge in [-0.3, -0.25) is 0 Å². The van der Waals surface area contributed by atoms with E-state index in [0.29, 0.717) is 0 Å². The molecule has 0 heteroatoms. The molecule has 1 aliphatic carbocycles. The highest BCUT2D eigenvalue weighted by atomic mass is 13.9. The molecule has 0 N–H and O–H groups in total. The minimum absolute atomic E-state index is 1.04. The molecule has 0 fully saturated rings. The largest absolute Gasteiger partial charge is 0.0882 e. The van der Waals surface area contributed by atoms with E-state index in [1.54, 1.807) is 0 Å². The summed E-state index contributed by atoms with van der Waals surface area (Å²) in [6.45, 7) is 0. The van der Waals surface area contributed by atoms with Crippen molar-refractivity contribution in [2.24, 2.45) is 0 Å². The first-order chi connectivity index (χ1) is 6.50. The lowest BCUT2D eigenvalue weighted by Gasteiger charge is -1.88. The second-order valence-corrected chi connectivity index (χ2v) is 3.04. The highest BCUT2D eigenvalue weighted by Crippen LogP contribution is 2.00. The summed E-state index contributed by atoms with van der Waals surface area (Å²) in [4.78, 5) is 0. The van der Waals surface area contributed by atoms with Crippen molar-refractivity contribution in [3.63, 3.8) is 0 Å². The van der Waals surface area contributed by atoms with Crippen LogP contribution in [0.15, 0.2) is 48.6 Å². The normalized spacial score (nSPS) is 28.9. The average molecular weight is 173 g/mol. The zero-order valence-corrected chi connectivity index (χ0v) is 8.02. The van der Waals surface area contributed by atoms with Crippen molar-refractivity contribution in [3.05, 3.63) is 55.0 Å². The molecule has 0 saturated carbocycles. The molecule has 0 spiro atoms. The number of rotatable bonds is 0. The van der Waals surface area contributed by atoms with Crippen LogP contribution < -0.4 is 0 Å². The Morgan fingerprint density at radius 2 is 1.31 bits per heavy atom. The topological polar surface area (TPSA) is 0 Å². The fraction of sp³-hybridized carbons (Fsp3) is 0.308. The maximum atomic E-state index is 2.25. The van der Waals surface area contributed by atoms with Crippen molar-refractivity contribution in [1.82, 2.24) is 0 Å². The first-order valence-electron chi connectivity index (χ1n) is 4.95. The van der Waals surface area contributed by atoms with Gasteiger partial charge >= 0.3 is 0 Å². The van der Waals surface area contributed by atoms with E-state index in [1.165, 1.54) is 0 Å². The van der Waals surface area contributed by atoms with Crippen LogP contribution in [0, 0.1) is 6.42 Å². The summed E-state index contributed by atoms with van der Waals surface area (Å²) in [5, 5.41) is 0. The van der Waals surface area contributed by atoms with Crippen molar-refractivity contribution in [3.8, 4) is 0 Å². The molecule has 0 aromatic carbocycles. The monoisotopic (exact) mass is 173 g/mol. The van der Waals surface area contributed by atoms with Crippen molar-refractivity contribution >= 4 is 0 Å². The standard InChI is InChI=1S/C13H17/c1-2-4-6-8-10-12-13-11-9-7-5-3-1/h1-5,8,10-11,13H,6-7,9,12H2/b3-1+,4-2+,10-8-,13-11-. The third kappa shape index (κ3) is 6.15. The first-order valence-corrected chi connectivity index (χ1v) is 4.95. The molecule has 0 aromatic heterocycles. The van der Waals surface area contributed by atoms with Crippen LogP contribution in [-0.4, -0.2) is 0 Å². The number of allylic oxidation sites excluding steroid dienone is 8. The lowest BCUT2D eigenvalue weighted by molar-refractivity contribution is 0.998. The third-order valence-electron chi connectivity index (χ3n) is 1.87. The minimum Gasteiger partial charge on any atom is -0.0882 e. The fourth-order valence-electron chi connectivity index (χ4n) is 1.15. The molecular formula is C13H17. The van der Waals surface area contributed by atoms with Gasteiger partial charge < -0.3 is 0 Å². The van der Waals surface area contributed by atoms with Crippen LogP contribution in [0.25, 0.3) is 0 Å². The molecule has 1 rings (SSSR count). The molecule has 0 atom stereocenters. The van der Waals surface area contributed by atoms with Crippen LogP contribution in [0.3, 0.4) is 0 Å². The minimum atomic E-state index is 1.04. The lowest BCUT2D eigenvalue weighted by atomic mass is 10.2. The Hall–Kier alpha value is -1.04. The number of hydrogen-bond donors (Lipinski definition) is 0. The third-order valence-corrected chi connectivity index (χ3v) is 1.87. The molecule has 0 amide bonds. The highest BCUT2D eigenvalue weighted by Gasteiger charge is 1.81. The SMILES string of the molecule is [CH]1/C=C/C=C/C/C=C\C/C=C\CC1. The van der Waals surface area contributed by atoms with Crippen LogP contribution in [0.5, 0.6) is 0 Å². The zero-order chi connectivity index (χ0) is 9.19. The van der Waals surface area contributed by atoms with Gasteiger partial charge in [-0.1, -0.05) is 48.6 Å². The van der Waals surface area contributed by atoms with Gasteiger partial charge in [-0.2, -0.15) is 0 Å². The molecule has 1 radical (unpaired) electrons. The first kappa shape index (κ1) is 10.0. The Balaban J connectivity index is 2.38. The van der Waals surface area contributed by atoms with E-state index in [-0.39, 0.29) is 0 Å². The van der Waals surface area contributed by atoms with Gasteiger partial charge in [0.25, 0.3) is 0 Å². The number of hydrogen-bond acceptors (Lipinski definition) is 0. The van der Waals surface area contributed by atoms with Crippen LogP contribution in [0.1, 0.15) is 25.7 Å². The second kappa shape index (κ2) is 7.60. The van der Waals surface area contributed by atoms with Crippen LogP contribution in [-0.2, 0) is 0 Å². The maximum Gasteiger partial charge on any atom is -0.0164 e. The molecule has 69 valence electrons. The Labute approximate surface area is 81.4 Å². The van der Waals surface area contributed by atoms with Gasteiger partial charge in [0.2, 0.25) is 0 Å². The second-order valence-electron chi connectivity index (χ2n) is 3.04. The summed E-state index contributed by atoms with van der Waals surface area (Å²) in [5.74, 6) is 0. The molecule has 0 bridgehead atoms. The van der Waals surface area contributed by atoms with Crippen LogP contribution >= 0.6 is 0 Å². The van der Waals surface area contributed by atoms with Gasteiger partial charge in [0.15, 0.2) is 0 Å². The van der Waals surface area contributed by atoms with E-state index in [4.69, 9.17) is 0 Å². The molecular weight excluding hydrogens is 156 g/mol. The Bertz CT molecular complexity index is 216. The molecule has 0 saturated heterocycles. The van der Waals surface area contributed by atoms with Gasteiger partial charge in [-0.05, 0) is 32.1 Å². The summed E-state index contributed by atoms with van der Waals surface area (Å²) in [7, 11) is 0. The fourth-order valence-corrected chi connectivity index (χ4v) is 1.15. The maximum absolute atomic E-state index is 2.25. The molecule has 0 heterocycles. The molecule has 0 aliphatic heterocycles. The summed E-state index contributed by atoms with van der Waals surface area (Å²) >= 11 is 0. The van der Waals surface area contributed by atoms with Crippen molar-refractivity contribution in [2.75, 3.05) is 0 Å². The lowest BCUT2D eigenvalue weighted by Crippen LogP contribution is -1.69. The Kier molecular flexibility index (Phi) is 5.87.